The summed E-state index contributed by atoms with van der Waals surface area (Å²) in [6, 6.07) is 7.45. The van der Waals surface area contributed by atoms with E-state index in [-0.39, 0.29) is 23.1 Å². The molecule has 2 aromatic rings. The molecular formula is C22H30N4O5S. The van der Waals surface area contributed by atoms with Gasteiger partial charge in [-0.15, -0.1) is 0 Å². The van der Waals surface area contributed by atoms with Gasteiger partial charge in [0, 0.05) is 46.0 Å². The van der Waals surface area contributed by atoms with Crippen molar-refractivity contribution < 1.29 is 22.5 Å². The molecule has 0 spiro atoms. The number of aromatic nitrogens is 1. The molecule has 1 aromatic heterocycles. The lowest BCUT2D eigenvalue weighted by atomic mass is 9.99. The minimum absolute atomic E-state index is 0.0491. The molecule has 1 aliphatic rings. The molecule has 0 saturated carbocycles. The van der Waals surface area contributed by atoms with Crippen molar-refractivity contribution >= 4 is 22.0 Å². The first kappa shape index (κ1) is 23.8. The molecule has 1 saturated heterocycles. The number of piperidine rings is 1. The minimum Gasteiger partial charge on any atom is -0.497 e. The highest BCUT2D eigenvalue weighted by Crippen LogP contribution is 2.29. The highest BCUT2D eigenvalue weighted by atomic mass is 32.2. The lowest BCUT2D eigenvalue weighted by Gasteiger charge is -2.31. The van der Waals surface area contributed by atoms with Crippen LogP contribution in [0, 0.1) is 12.8 Å². The van der Waals surface area contributed by atoms with Gasteiger partial charge in [0.2, 0.25) is 15.9 Å². The van der Waals surface area contributed by atoms with E-state index in [1.54, 1.807) is 31.2 Å². The summed E-state index contributed by atoms with van der Waals surface area (Å²) in [6.07, 6.45) is 4.51. The van der Waals surface area contributed by atoms with Crippen LogP contribution in [0.4, 0.5) is 0 Å². The van der Waals surface area contributed by atoms with Crippen LogP contribution in [0.5, 0.6) is 5.75 Å². The summed E-state index contributed by atoms with van der Waals surface area (Å²) in [6.45, 7) is 2.42. The van der Waals surface area contributed by atoms with E-state index >= 15 is 0 Å². The smallest absolute Gasteiger partial charge is 0.248 e. The summed E-state index contributed by atoms with van der Waals surface area (Å²) in [5, 5.41) is 6.77. The van der Waals surface area contributed by atoms with Crippen molar-refractivity contribution in [2.24, 2.45) is 5.92 Å². The molecule has 3 rings (SSSR count). The fourth-order valence-electron chi connectivity index (χ4n) is 3.64. The molecule has 0 bridgehead atoms. The molecule has 1 N–H and O–H groups in total. The second kappa shape index (κ2) is 10.2. The lowest BCUT2D eigenvalue weighted by molar-refractivity contribution is -0.126. The number of benzene rings is 1. The summed E-state index contributed by atoms with van der Waals surface area (Å²) in [5.41, 5.74) is 1.21. The second-order valence-corrected chi connectivity index (χ2v) is 9.89. The maximum absolute atomic E-state index is 13.4. The van der Waals surface area contributed by atoms with Gasteiger partial charge in [0.05, 0.1) is 13.0 Å². The van der Waals surface area contributed by atoms with Crippen molar-refractivity contribution in [2.45, 2.75) is 31.2 Å². The van der Waals surface area contributed by atoms with Crippen molar-refractivity contribution in [3.63, 3.8) is 0 Å². The molecule has 1 unspecified atom stereocenters. The third kappa shape index (κ3) is 5.49. The maximum atomic E-state index is 13.4. The van der Waals surface area contributed by atoms with Gasteiger partial charge in [-0.3, -0.25) is 4.79 Å². The number of nitrogens with zero attached hydrogens (tertiary/aromatic N) is 3. The number of aryl methyl sites for hydroxylation is 1. The average Bonchev–Trinajstić information content (AvgIpc) is 3.17. The summed E-state index contributed by atoms with van der Waals surface area (Å²) >= 11 is 0. The van der Waals surface area contributed by atoms with E-state index in [1.807, 2.05) is 38.4 Å². The highest BCUT2D eigenvalue weighted by Gasteiger charge is 2.36. The van der Waals surface area contributed by atoms with Crippen LogP contribution in [0.25, 0.3) is 6.08 Å². The van der Waals surface area contributed by atoms with E-state index in [0.29, 0.717) is 31.6 Å². The molecule has 9 nitrogen and oxygen atoms in total. The predicted octanol–water partition coefficient (Wildman–Crippen LogP) is 2.24. The summed E-state index contributed by atoms with van der Waals surface area (Å²) in [5.74, 6) is 0.309. The number of nitrogens with one attached hydrogen (secondary N) is 1. The van der Waals surface area contributed by atoms with Gasteiger partial charge in [-0.1, -0.05) is 17.3 Å². The van der Waals surface area contributed by atoms with Gasteiger partial charge in [0.25, 0.3) is 0 Å². The van der Waals surface area contributed by atoms with Crippen LogP contribution in [0.3, 0.4) is 0 Å². The lowest BCUT2D eigenvalue weighted by Crippen LogP contribution is -2.45. The van der Waals surface area contributed by atoms with Crippen LogP contribution < -0.4 is 10.1 Å². The third-order valence-corrected chi connectivity index (χ3v) is 7.34. The molecule has 1 aromatic carbocycles. The molecule has 10 heteroatoms. The molecule has 0 radical (unpaired) electrons. The largest absolute Gasteiger partial charge is 0.497 e. The average molecular weight is 463 g/mol. The van der Waals surface area contributed by atoms with Gasteiger partial charge in [-0.2, -0.15) is 4.31 Å². The predicted molar refractivity (Wildman–Crippen MR) is 120 cm³/mol. The number of methoxy groups -OCH3 is 1. The summed E-state index contributed by atoms with van der Waals surface area (Å²) in [7, 11) is 1.38. The molecule has 0 aliphatic carbocycles. The monoisotopic (exact) mass is 462 g/mol. The molecule has 1 atom stereocenters. The zero-order valence-electron chi connectivity index (χ0n) is 18.9. The first-order chi connectivity index (χ1) is 15.2. The van der Waals surface area contributed by atoms with Gasteiger partial charge in [-0.25, -0.2) is 8.42 Å². The first-order valence-electron chi connectivity index (χ1n) is 10.4. The van der Waals surface area contributed by atoms with Gasteiger partial charge in [0.15, 0.2) is 10.7 Å². The number of hydrogen-bond donors (Lipinski definition) is 1. The van der Waals surface area contributed by atoms with Crippen LogP contribution in [0.2, 0.25) is 0 Å². The van der Waals surface area contributed by atoms with Gasteiger partial charge < -0.3 is 19.5 Å². The Morgan fingerprint density at radius 1 is 1.41 bits per heavy atom. The minimum atomic E-state index is -3.86. The number of ether oxygens (including phenoxy) is 1. The number of carbonyl (C=O) groups is 1. The van der Waals surface area contributed by atoms with Crippen molar-refractivity contribution in [3.8, 4) is 5.75 Å². The fourth-order valence-corrected chi connectivity index (χ4v) is 5.41. The van der Waals surface area contributed by atoms with Crippen LogP contribution in [-0.2, 0) is 21.4 Å². The zero-order chi connectivity index (χ0) is 23.3. The molecule has 1 fully saturated rings. The Labute approximate surface area is 189 Å². The SMILES string of the molecule is COc1cccc(CNC(=O)C2CCCN(S(=O)(=O)c3c(C)noc3/C=C/N(C)C)C2)c1. The summed E-state index contributed by atoms with van der Waals surface area (Å²) in [4.78, 5) is 14.6. The topological polar surface area (TPSA) is 105 Å². The molecular weight excluding hydrogens is 432 g/mol. The number of carbonyl (C=O) groups excluding carboxylic acids is 1. The fraction of sp³-hybridized carbons (Fsp3) is 0.455. The Kier molecular flexibility index (Phi) is 7.57. The molecule has 1 aliphatic heterocycles. The molecule has 174 valence electrons. The van der Waals surface area contributed by atoms with Gasteiger partial charge >= 0.3 is 0 Å². The highest BCUT2D eigenvalue weighted by molar-refractivity contribution is 7.89. The summed E-state index contributed by atoms with van der Waals surface area (Å²) < 4.78 is 38.6. The van der Waals surface area contributed by atoms with E-state index in [2.05, 4.69) is 10.5 Å². The Balaban J connectivity index is 1.71. The number of rotatable bonds is 8. The van der Waals surface area contributed by atoms with E-state index in [9.17, 15) is 13.2 Å². The maximum Gasteiger partial charge on any atom is 0.248 e. The second-order valence-electron chi connectivity index (χ2n) is 8.01. The van der Waals surface area contributed by atoms with E-state index in [4.69, 9.17) is 9.26 Å². The third-order valence-electron chi connectivity index (χ3n) is 5.31. The van der Waals surface area contributed by atoms with Crippen molar-refractivity contribution in [1.82, 2.24) is 19.7 Å². The Hall–Kier alpha value is -2.85. The number of sulfonamides is 1. The molecule has 2 heterocycles. The standard InChI is InChI=1S/C22H30N4O5S/c1-16-21(20(31-24-16)10-12-25(2)3)32(28,29)26-11-6-8-18(15-26)22(27)23-14-17-7-5-9-19(13-17)30-4/h5,7,9-10,12-13,18H,6,8,11,14-15H2,1-4H3,(H,23,27)/b12-10+. The Bertz CT molecular complexity index is 1080. The quantitative estimate of drug-likeness (QED) is 0.641. The Morgan fingerprint density at radius 2 is 2.19 bits per heavy atom. The van der Waals surface area contributed by atoms with Crippen LogP contribution in [-0.4, -0.2) is 63.0 Å². The Morgan fingerprint density at radius 3 is 2.91 bits per heavy atom. The van der Waals surface area contributed by atoms with Crippen molar-refractivity contribution in [2.75, 3.05) is 34.3 Å². The molecule has 1 amide bonds. The van der Waals surface area contributed by atoms with Crippen LogP contribution >= 0.6 is 0 Å². The van der Waals surface area contributed by atoms with Gasteiger partial charge in [-0.05, 0) is 37.5 Å². The van der Waals surface area contributed by atoms with Crippen LogP contribution in [0.1, 0.15) is 29.9 Å². The van der Waals surface area contributed by atoms with Gasteiger partial charge in [0.1, 0.15) is 11.4 Å². The van der Waals surface area contributed by atoms with E-state index < -0.39 is 15.9 Å². The van der Waals surface area contributed by atoms with Crippen LogP contribution in [0.15, 0.2) is 39.9 Å². The van der Waals surface area contributed by atoms with Crippen molar-refractivity contribution in [3.05, 3.63) is 47.5 Å². The normalized spacial score (nSPS) is 17.4. The first-order valence-corrected chi connectivity index (χ1v) is 11.9. The van der Waals surface area contributed by atoms with E-state index in [0.717, 1.165) is 11.3 Å². The van der Waals surface area contributed by atoms with E-state index in [1.165, 1.54) is 4.31 Å². The number of hydrogen-bond acceptors (Lipinski definition) is 7. The van der Waals surface area contributed by atoms with Crippen molar-refractivity contribution in [1.29, 1.82) is 0 Å². The zero-order valence-corrected chi connectivity index (χ0v) is 19.7. The number of amides is 1. The molecule has 32 heavy (non-hydrogen) atoms.